The summed E-state index contributed by atoms with van der Waals surface area (Å²) in [5.41, 5.74) is 1.08. The molecule has 0 unspecified atom stereocenters. The van der Waals surface area contributed by atoms with Crippen LogP contribution in [0.1, 0.15) is 21.8 Å². The Bertz CT molecular complexity index is 621. The van der Waals surface area contributed by atoms with Crippen LogP contribution in [0.25, 0.3) is 11.5 Å². The van der Waals surface area contributed by atoms with Crippen LogP contribution in [0.3, 0.4) is 0 Å². The number of carboxylic acid groups (broad SMARTS) is 1. The molecule has 0 fully saturated rings. The molecule has 0 aliphatic heterocycles. The first-order valence-electron chi connectivity index (χ1n) is 5.51. The van der Waals surface area contributed by atoms with E-state index < -0.39 is 11.8 Å². The van der Waals surface area contributed by atoms with Crippen molar-refractivity contribution in [1.29, 1.82) is 0 Å². The zero-order chi connectivity index (χ0) is 14.0. The highest BCUT2D eigenvalue weighted by Gasteiger charge is 2.21. The van der Waals surface area contributed by atoms with Gasteiger partial charge in [-0.1, -0.05) is 11.6 Å². The molecule has 0 saturated carbocycles. The summed E-state index contributed by atoms with van der Waals surface area (Å²) < 4.78 is 23.7. The molecule has 1 aromatic carbocycles. The molecule has 0 aliphatic carbocycles. The average molecular weight is 265 g/mol. The van der Waals surface area contributed by atoms with Crippen molar-refractivity contribution < 1.29 is 23.4 Å². The fourth-order valence-corrected chi connectivity index (χ4v) is 1.67. The first-order chi connectivity index (χ1) is 9.02. The van der Waals surface area contributed by atoms with Crippen LogP contribution in [0.15, 0.2) is 22.6 Å². The minimum Gasteiger partial charge on any atom is -0.475 e. The van der Waals surface area contributed by atoms with Gasteiger partial charge in [0, 0.05) is 7.11 Å². The average Bonchev–Trinajstić information content (AvgIpc) is 2.77. The molecule has 2 rings (SSSR count). The molecule has 5 nitrogen and oxygen atoms in total. The van der Waals surface area contributed by atoms with Gasteiger partial charge >= 0.3 is 5.97 Å². The number of carbonyl (C=O) groups is 1. The predicted molar refractivity (Wildman–Crippen MR) is 64.3 cm³/mol. The zero-order valence-corrected chi connectivity index (χ0v) is 10.4. The van der Waals surface area contributed by atoms with Crippen LogP contribution < -0.4 is 0 Å². The van der Waals surface area contributed by atoms with Crippen molar-refractivity contribution in [2.45, 2.75) is 13.5 Å². The normalized spacial score (nSPS) is 10.7. The zero-order valence-electron chi connectivity index (χ0n) is 10.4. The molecule has 0 radical (unpaired) electrons. The van der Waals surface area contributed by atoms with E-state index in [0.717, 1.165) is 5.56 Å². The van der Waals surface area contributed by atoms with Gasteiger partial charge in [-0.15, -0.1) is 0 Å². The van der Waals surface area contributed by atoms with Crippen molar-refractivity contribution in [3.63, 3.8) is 0 Å². The highest BCUT2D eigenvalue weighted by atomic mass is 19.1. The van der Waals surface area contributed by atoms with E-state index in [1.165, 1.54) is 13.2 Å². The molecule has 19 heavy (non-hydrogen) atoms. The number of benzene rings is 1. The van der Waals surface area contributed by atoms with Crippen molar-refractivity contribution in [3.05, 3.63) is 41.0 Å². The van der Waals surface area contributed by atoms with Gasteiger partial charge in [0.25, 0.3) is 0 Å². The summed E-state index contributed by atoms with van der Waals surface area (Å²) in [5.74, 6) is -2.19. The Morgan fingerprint density at radius 2 is 2.26 bits per heavy atom. The van der Waals surface area contributed by atoms with Gasteiger partial charge in [0.2, 0.25) is 11.7 Å². The largest absolute Gasteiger partial charge is 0.475 e. The van der Waals surface area contributed by atoms with Crippen LogP contribution in [0.5, 0.6) is 0 Å². The number of aryl methyl sites for hydroxylation is 1. The van der Waals surface area contributed by atoms with Gasteiger partial charge < -0.3 is 14.3 Å². The van der Waals surface area contributed by atoms with Gasteiger partial charge in [-0.2, -0.15) is 0 Å². The van der Waals surface area contributed by atoms with Crippen LogP contribution in [-0.4, -0.2) is 23.2 Å². The third-order valence-corrected chi connectivity index (χ3v) is 2.52. The van der Waals surface area contributed by atoms with Crippen LogP contribution >= 0.6 is 0 Å². The van der Waals surface area contributed by atoms with E-state index in [-0.39, 0.29) is 29.5 Å². The summed E-state index contributed by atoms with van der Waals surface area (Å²) in [6, 6.07) is 4.44. The lowest BCUT2D eigenvalue weighted by molar-refractivity contribution is 0.0656. The minimum atomic E-state index is -1.26. The van der Waals surface area contributed by atoms with Crippen molar-refractivity contribution in [2.75, 3.05) is 7.11 Å². The summed E-state index contributed by atoms with van der Waals surface area (Å²) in [7, 11) is 1.41. The first kappa shape index (κ1) is 13.2. The maximum absolute atomic E-state index is 13.7. The lowest BCUT2D eigenvalue weighted by Gasteiger charge is -1.99. The van der Waals surface area contributed by atoms with Gasteiger partial charge in [-0.3, -0.25) is 0 Å². The molecule has 0 spiro atoms. The molecule has 1 N–H and O–H groups in total. The van der Waals surface area contributed by atoms with E-state index in [9.17, 15) is 9.18 Å². The van der Waals surface area contributed by atoms with E-state index in [1.807, 2.05) is 0 Å². The molecule has 100 valence electrons. The molecular weight excluding hydrogens is 253 g/mol. The Balaban J connectivity index is 2.53. The molecular formula is C13H12FNO4. The Labute approximate surface area is 108 Å². The number of hydrogen-bond donors (Lipinski definition) is 1. The fourth-order valence-electron chi connectivity index (χ4n) is 1.67. The van der Waals surface area contributed by atoms with Crippen LogP contribution in [0.2, 0.25) is 0 Å². The predicted octanol–water partition coefficient (Wildman–Crippen LogP) is 2.63. The van der Waals surface area contributed by atoms with Gasteiger partial charge in [0.15, 0.2) is 0 Å². The van der Waals surface area contributed by atoms with Gasteiger partial charge in [0.1, 0.15) is 11.5 Å². The lowest BCUT2D eigenvalue weighted by Crippen LogP contribution is -2.00. The third-order valence-electron chi connectivity index (χ3n) is 2.52. The van der Waals surface area contributed by atoms with E-state index in [1.54, 1.807) is 19.1 Å². The number of oxazole rings is 1. The summed E-state index contributed by atoms with van der Waals surface area (Å²) in [6.07, 6.45) is 0. The van der Waals surface area contributed by atoms with E-state index in [4.69, 9.17) is 14.3 Å². The van der Waals surface area contributed by atoms with Crippen molar-refractivity contribution >= 4 is 5.97 Å². The van der Waals surface area contributed by atoms with E-state index in [0.29, 0.717) is 0 Å². The monoisotopic (exact) mass is 265 g/mol. The summed E-state index contributed by atoms with van der Waals surface area (Å²) in [6.45, 7) is 1.78. The topological polar surface area (TPSA) is 72.6 Å². The molecule has 1 aromatic heterocycles. The molecule has 2 aromatic rings. The number of methoxy groups -OCH3 is 1. The maximum atomic E-state index is 13.7. The van der Waals surface area contributed by atoms with E-state index in [2.05, 4.69) is 4.98 Å². The lowest BCUT2D eigenvalue weighted by atomic mass is 10.1. The molecule has 0 amide bonds. The number of aromatic carboxylic acids is 1. The maximum Gasteiger partial charge on any atom is 0.373 e. The Kier molecular flexibility index (Phi) is 3.62. The smallest absolute Gasteiger partial charge is 0.373 e. The second kappa shape index (κ2) is 5.19. The number of ether oxygens (including phenoxy) is 1. The number of halogens is 1. The molecule has 6 heteroatoms. The molecule has 0 saturated heterocycles. The minimum absolute atomic E-state index is 0.0153. The standard InChI is InChI=1S/C13H12FNO4/c1-7-3-4-9(14)8(5-7)12-15-10(6-18-2)11(19-12)13(16)17/h3-5H,6H2,1-2H3,(H,16,17). The molecule has 0 aliphatic rings. The highest BCUT2D eigenvalue weighted by Crippen LogP contribution is 2.26. The Morgan fingerprint density at radius 1 is 1.53 bits per heavy atom. The van der Waals surface area contributed by atoms with Crippen LogP contribution in [0.4, 0.5) is 4.39 Å². The number of nitrogens with zero attached hydrogens (tertiary/aromatic N) is 1. The SMILES string of the molecule is COCc1nc(-c2cc(C)ccc2F)oc1C(=O)O. The van der Waals surface area contributed by atoms with Gasteiger partial charge in [-0.25, -0.2) is 14.2 Å². The summed E-state index contributed by atoms with van der Waals surface area (Å²) in [4.78, 5) is 15.0. The van der Waals surface area contributed by atoms with Crippen LogP contribution in [-0.2, 0) is 11.3 Å². The summed E-state index contributed by atoms with van der Waals surface area (Å²) in [5, 5.41) is 8.99. The van der Waals surface area contributed by atoms with Crippen LogP contribution in [0, 0.1) is 12.7 Å². The number of aromatic nitrogens is 1. The summed E-state index contributed by atoms with van der Waals surface area (Å²) >= 11 is 0. The highest BCUT2D eigenvalue weighted by molar-refractivity contribution is 5.86. The second-order valence-corrected chi connectivity index (χ2v) is 4.02. The van der Waals surface area contributed by atoms with Crippen molar-refractivity contribution in [2.24, 2.45) is 0 Å². The molecule has 0 bridgehead atoms. The van der Waals surface area contributed by atoms with Gasteiger partial charge in [0.05, 0.1) is 12.2 Å². The number of carboxylic acids is 1. The first-order valence-corrected chi connectivity index (χ1v) is 5.51. The Hall–Kier alpha value is -2.21. The van der Waals surface area contributed by atoms with Crippen molar-refractivity contribution in [1.82, 2.24) is 4.98 Å². The molecule has 1 heterocycles. The third kappa shape index (κ3) is 2.63. The quantitative estimate of drug-likeness (QED) is 0.919. The van der Waals surface area contributed by atoms with E-state index >= 15 is 0 Å². The Morgan fingerprint density at radius 3 is 2.89 bits per heavy atom. The molecule has 0 atom stereocenters. The second-order valence-electron chi connectivity index (χ2n) is 4.02. The fraction of sp³-hybridized carbons (Fsp3) is 0.231. The van der Waals surface area contributed by atoms with Crippen molar-refractivity contribution in [3.8, 4) is 11.5 Å². The number of hydrogen-bond acceptors (Lipinski definition) is 4. The number of rotatable bonds is 4. The van der Waals surface area contributed by atoms with Gasteiger partial charge in [-0.05, 0) is 19.1 Å².